The maximum atomic E-state index is 12.4. The lowest BCUT2D eigenvalue weighted by atomic mass is 9.83. The number of carbonyl (C=O) groups is 2. The molecule has 1 atom stereocenters. The fourth-order valence-corrected chi connectivity index (χ4v) is 3.79. The number of allylic oxidation sites excluding steroid dienone is 4. The van der Waals surface area contributed by atoms with Crippen molar-refractivity contribution >= 4 is 21.6 Å². The first-order chi connectivity index (χ1) is 12.0. The van der Waals surface area contributed by atoms with Crippen molar-refractivity contribution in [2.24, 2.45) is 5.92 Å². The van der Waals surface area contributed by atoms with E-state index in [2.05, 4.69) is 38.5 Å². The Morgan fingerprint density at radius 1 is 0.962 bits per heavy atom. The second-order valence-corrected chi connectivity index (χ2v) is 12.5. The van der Waals surface area contributed by atoms with Crippen LogP contribution in [-0.4, -0.2) is 49.3 Å². The second-order valence-electron chi connectivity index (χ2n) is 7.88. The van der Waals surface area contributed by atoms with E-state index in [1.807, 2.05) is 0 Å². The number of ketones is 2. The molecule has 0 saturated heterocycles. The fourth-order valence-electron chi connectivity index (χ4n) is 2.81. The van der Waals surface area contributed by atoms with Gasteiger partial charge < -0.3 is 4.74 Å². The molecule has 1 aliphatic carbocycles. The van der Waals surface area contributed by atoms with Gasteiger partial charge in [-0.1, -0.05) is 6.92 Å². The molecule has 3 nitrogen and oxygen atoms in total. The molecule has 0 N–H and O–H groups in total. The van der Waals surface area contributed by atoms with Crippen LogP contribution in [0.25, 0.3) is 0 Å². The average molecular weight is 381 g/mol. The van der Waals surface area contributed by atoms with Crippen molar-refractivity contribution < 1.29 is 14.3 Å². The molecule has 0 unspecified atom stereocenters. The molecule has 0 heterocycles. The smallest absolute Gasteiger partial charge is 0.185 e. The van der Waals surface area contributed by atoms with E-state index in [1.165, 1.54) is 5.75 Å². The zero-order valence-electron chi connectivity index (χ0n) is 17.6. The Kier molecular flexibility index (Phi) is 10.8. The van der Waals surface area contributed by atoms with Gasteiger partial charge in [-0.05, 0) is 70.5 Å². The number of hydrogen-bond donors (Lipinski definition) is 0. The summed E-state index contributed by atoms with van der Waals surface area (Å²) in [6.45, 7) is 8.96. The van der Waals surface area contributed by atoms with Gasteiger partial charge in [-0.2, -0.15) is 0 Å². The summed E-state index contributed by atoms with van der Waals surface area (Å²) in [5, 5.41) is 0. The molecule has 0 fully saturated rings. The first-order valence-electron chi connectivity index (χ1n) is 9.08. The lowest BCUT2D eigenvalue weighted by molar-refractivity contribution is -0.116. The minimum Gasteiger partial charge on any atom is -0.381 e. The van der Waals surface area contributed by atoms with Gasteiger partial charge >= 0.3 is 0 Å². The van der Waals surface area contributed by atoms with Gasteiger partial charge in [0.15, 0.2) is 11.6 Å². The average Bonchev–Trinajstić information content (AvgIpc) is 2.58. The summed E-state index contributed by atoms with van der Waals surface area (Å²) in [6, 6.07) is 0. The minimum absolute atomic E-state index is 0.0238. The number of terminal acetylenes is 1. The molecule has 0 radical (unpaired) electrons. The van der Waals surface area contributed by atoms with Crippen molar-refractivity contribution in [1.82, 2.24) is 0 Å². The summed E-state index contributed by atoms with van der Waals surface area (Å²) >= 11 is 0. The zero-order valence-corrected chi connectivity index (χ0v) is 18.4. The number of hydrogen-bond acceptors (Lipinski definition) is 3. The van der Waals surface area contributed by atoms with Crippen molar-refractivity contribution in [3.8, 4) is 12.8 Å². The fraction of sp³-hybridized carbons (Fsp3) is 0.636. The molecule has 1 aliphatic rings. The van der Waals surface area contributed by atoms with E-state index >= 15 is 0 Å². The van der Waals surface area contributed by atoms with Gasteiger partial charge in [0.2, 0.25) is 0 Å². The van der Waals surface area contributed by atoms with E-state index < -0.39 is 10.0 Å². The maximum Gasteiger partial charge on any atom is 0.185 e. The van der Waals surface area contributed by atoms with E-state index in [0.29, 0.717) is 34.6 Å². The van der Waals surface area contributed by atoms with Gasteiger partial charge in [-0.25, -0.2) is 10.0 Å². The molecule has 0 amide bonds. The monoisotopic (exact) mass is 380 g/mol. The lowest BCUT2D eigenvalue weighted by Gasteiger charge is -2.25. The third-order valence-electron chi connectivity index (χ3n) is 4.65. The van der Waals surface area contributed by atoms with Gasteiger partial charge in [-0.3, -0.25) is 9.59 Å². The molecule has 0 spiro atoms. The highest BCUT2D eigenvalue weighted by atomic mass is 32.3. The summed E-state index contributed by atoms with van der Waals surface area (Å²) < 4.78 is 5.78. The van der Waals surface area contributed by atoms with Crippen LogP contribution in [0.4, 0.5) is 0 Å². The van der Waals surface area contributed by atoms with Crippen LogP contribution in [0, 0.1) is 18.8 Å². The highest BCUT2D eigenvalue weighted by Crippen LogP contribution is 2.34. The number of Topliss-reactive ketones (excluding diaryl/α,β-unsaturated/α-hetero) is 2. The van der Waals surface area contributed by atoms with E-state index in [0.717, 1.165) is 26.1 Å². The molecular weight excluding hydrogens is 344 g/mol. The van der Waals surface area contributed by atoms with Crippen LogP contribution in [0.5, 0.6) is 0 Å². The van der Waals surface area contributed by atoms with Gasteiger partial charge in [0, 0.05) is 35.5 Å². The van der Waals surface area contributed by atoms with Crippen LogP contribution < -0.4 is 0 Å². The number of rotatable bonds is 9. The summed E-state index contributed by atoms with van der Waals surface area (Å²) in [6.07, 6.45) is 17.6. The predicted octanol–water partition coefficient (Wildman–Crippen LogP) is 4.56. The molecule has 0 aromatic carbocycles. The van der Waals surface area contributed by atoms with Crippen LogP contribution in [0.2, 0.25) is 0 Å². The molecule has 4 heteroatoms. The summed E-state index contributed by atoms with van der Waals surface area (Å²) in [7, 11) is -0.437. The number of carbonyl (C=O) groups excluding carboxylic acids is 2. The Morgan fingerprint density at radius 3 is 2.04 bits per heavy atom. The van der Waals surface area contributed by atoms with E-state index in [4.69, 9.17) is 4.74 Å². The van der Waals surface area contributed by atoms with Crippen LogP contribution in [0.15, 0.2) is 22.3 Å². The van der Waals surface area contributed by atoms with Crippen LogP contribution >= 0.6 is 10.0 Å². The Labute approximate surface area is 162 Å². The van der Waals surface area contributed by atoms with Crippen LogP contribution in [0.1, 0.15) is 47.0 Å². The molecule has 0 aromatic heterocycles. The predicted molar refractivity (Wildman–Crippen MR) is 115 cm³/mol. The van der Waals surface area contributed by atoms with Gasteiger partial charge in [0.1, 0.15) is 0 Å². The molecule has 1 rings (SSSR count). The van der Waals surface area contributed by atoms with Gasteiger partial charge in [0.05, 0.1) is 0 Å². The van der Waals surface area contributed by atoms with E-state index in [1.54, 1.807) is 20.8 Å². The highest BCUT2D eigenvalue weighted by Gasteiger charge is 2.27. The van der Waals surface area contributed by atoms with Crippen molar-refractivity contribution in [2.75, 3.05) is 37.7 Å². The zero-order chi connectivity index (χ0) is 20.5. The van der Waals surface area contributed by atoms with Crippen LogP contribution in [-0.2, 0) is 14.3 Å². The third kappa shape index (κ3) is 7.93. The molecule has 0 aliphatic heterocycles. The summed E-state index contributed by atoms with van der Waals surface area (Å²) in [5.74, 6) is 1.71. The quantitative estimate of drug-likeness (QED) is 0.335. The SMILES string of the molecule is C#C.CC1=C(C)C(=O)C(CC[C@H](C)COCCCS(C)(C)C)=C(C)C1=O. The summed E-state index contributed by atoms with van der Waals surface area (Å²) in [5.41, 5.74) is 2.53. The van der Waals surface area contributed by atoms with Crippen molar-refractivity contribution in [3.05, 3.63) is 22.3 Å². The third-order valence-corrected chi connectivity index (χ3v) is 6.16. The molecule has 0 saturated carbocycles. The molecule has 148 valence electrons. The van der Waals surface area contributed by atoms with Crippen LogP contribution in [0.3, 0.4) is 0 Å². The Hall–Kier alpha value is -1.31. The molecule has 0 bridgehead atoms. The topological polar surface area (TPSA) is 43.4 Å². The van der Waals surface area contributed by atoms with Crippen molar-refractivity contribution in [1.29, 1.82) is 0 Å². The minimum atomic E-state index is -0.437. The van der Waals surface area contributed by atoms with Crippen molar-refractivity contribution in [2.45, 2.75) is 47.0 Å². The molecule has 26 heavy (non-hydrogen) atoms. The second kappa shape index (κ2) is 11.4. The number of ether oxygens (including phenoxy) is 1. The first kappa shape index (κ1) is 24.7. The van der Waals surface area contributed by atoms with Gasteiger partial charge in [-0.15, -0.1) is 12.8 Å². The standard InChI is InChI=1S/C20H34O3S.C2H2/c1-14(13-23-11-8-12-24(5,6)7)9-10-18-17(4)19(21)15(2)16(3)20(18)22;1-2/h14H,8-13H2,1-7H3;1-2H/t14-;/m0./s1. The first-order valence-corrected chi connectivity index (χ1v) is 12.1. The van der Waals surface area contributed by atoms with E-state index in [9.17, 15) is 9.59 Å². The Bertz CT molecular complexity index is 588. The Morgan fingerprint density at radius 2 is 1.50 bits per heavy atom. The Balaban J connectivity index is 0.00000301. The van der Waals surface area contributed by atoms with Crippen molar-refractivity contribution in [3.63, 3.8) is 0 Å². The molecular formula is C22H36O3S. The normalized spacial score (nSPS) is 17.1. The van der Waals surface area contributed by atoms with Gasteiger partial charge in [0.25, 0.3) is 0 Å². The maximum absolute atomic E-state index is 12.4. The lowest BCUT2D eigenvalue weighted by Crippen LogP contribution is -2.21. The highest BCUT2D eigenvalue weighted by molar-refractivity contribution is 8.32. The largest absolute Gasteiger partial charge is 0.381 e. The van der Waals surface area contributed by atoms with E-state index in [-0.39, 0.29) is 11.6 Å². The summed E-state index contributed by atoms with van der Waals surface area (Å²) in [4.78, 5) is 24.6. The molecule has 0 aromatic rings.